The molecule has 0 unspecified atom stereocenters. The smallest absolute Gasteiger partial charge is 0.342 e. The lowest BCUT2D eigenvalue weighted by Gasteiger charge is -2.05. The normalized spacial score (nSPS) is 10.3. The number of carbonyl (C=O) groups is 1. The molecule has 18 heavy (non-hydrogen) atoms. The topological polar surface area (TPSA) is 83.0 Å². The molecule has 0 aliphatic rings. The van der Waals surface area contributed by atoms with Crippen molar-refractivity contribution in [2.24, 2.45) is 0 Å². The second kappa shape index (κ2) is 4.80. The highest BCUT2D eigenvalue weighted by molar-refractivity contribution is 6.38. The Morgan fingerprint density at radius 2 is 1.89 bits per heavy atom. The van der Waals surface area contributed by atoms with Gasteiger partial charge in [-0.25, -0.2) is 9.78 Å². The molecular formula is C11H6Cl2N2O3. The molecule has 0 saturated carbocycles. The molecule has 0 saturated heterocycles. The Morgan fingerprint density at radius 3 is 2.39 bits per heavy atom. The van der Waals surface area contributed by atoms with Crippen molar-refractivity contribution >= 4 is 29.2 Å². The fourth-order valence-electron chi connectivity index (χ4n) is 1.40. The summed E-state index contributed by atoms with van der Waals surface area (Å²) in [5.41, 5.74) is -0.847. The lowest BCUT2D eigenvalue weighted by molar-refractivity contribution is 0.0694. The van der Waals surface area contributed by atoms with Crippen LogP contribution < -0.4 is 5.56 Å². The molecule has 1 aromatic heterocycles. The van der Waals surface area contributed by atoms with Crippen molar-refractivity contribution in [1.82, 2.24) is 9.97 Å². The first kappa shape index (κ1) is 12.6. The quantitative estimate of drug-likeness (QED) is 0.887. The second-order valence-corrected chi connectivity index (χ2v) is 4.19. The molecule has 2 aromatic rings. The van der Waals surface area contributed by atoms with Gasteiger partial charge < -0.3 is 10.1 Å². The zero-order chi connectivity index (χ0) is 13.3. The van der Waals surface area contributed by atoms with E-state index in [1.165, 1.54) is 0 Å². The van der Waals surface area contributed by atoms with Crippen LogP contribution in [0.1, 0.15) is 10.4 Å². The highest BCUT2D eigenvalue weighted by Crippen LogP contribution is 2.31. The van der Waals surface area contributed by atoms with Gasteiger partial charge in [0.1, 0.15) is 11.4 Å². The third-order valence-electron chi connectivity index (χ3n) is 2.23. The lowest BCUT2D eigenvalue weighted by atomic mass is 10.2. The van der Waals surface area contributed by atoms with Gasteiger partial charge in [-0.3, -0.25) is 4.79 Å². The summed E-state index contributed by atoms with van der Waals surface area (Å²) in [6.07, 6.45) is 0.968. The number of carboxylic acid groups (broad SMARTS) is 1. The number of benzene rings is 1. The van der Waals surface area contributed by atoms with Crippen LogP contribution in [0.2, 0.25) is 10.0 Å². The molecule has 1 aromatic carbocycles. The molecule has 7 heteroatoms. The second-order valence-electron chi connectivity index (χ2n) is 3.38. The summed E-state index contributed by atoms with van der Waals surface area (Å²) in [6, 6.07) is 4.83. The van der Waals surface area contributed by atoms with E-state index in [0.29, 0.717) is 15.6 Å². The molecule has 0 spiro atoms. The van der Waals surface area contributed by atoms with Gasteiger partial charge in [-0.15, -0.1) is 0 Å². The molecular weight excluding hydrogens is 279 g/mol. The van der Waals surface area contributed by atoms with E-state index in [2.05, 4.69) is 9.97 Å². The average Bonchev–Trinajstić information content (AvgIpc) is 2.28. The predicted molar refractivity (Wildman–Crippen MR) is 67.3 cm³/mol. The first-order valence-electron chi connectivity index (χ1n) is 4.77. The first-order chi connectivity index (χ1) is 8.50. The van der Waals surface area contributed by atoms with E-state index in [4.69, 9.17) is 28.3 Å². The Labute approximate surface area is 111 Å². The predicted octanol–water partition coefficient (Wildman–Crippen LogP) is 2.44. The molecule has 0 atom stereocenters. The van der Waals surface area contributed by atoms with Crippen LogP contribution in [0.25, 0.3) is 11.4 Å². The molecule has 2 N–H and O–H groups in total. The van der Waals surface area contributed by atoms with Crippen molar-refractivity contribution in [2.75, 3.05) is 0 Å². The maximum Gasteiger partial charge on any atom is 0.342 e. The minimum absolute atomic E-state index is 0.126. The van der Waals surface area contributed by atoms with E-state index < -0.39 is 17.1 Å². The number of rotatable bonds is 2. The monoisotopic (exact) mass is 284 g/mol. The zero-order valence-corrected chi connectivity index (χ0v) is 10.3. The summed E-state index contributed by atoms with van der Waals surface area (Å²) in [4.78, 5) is 28.4. The van der Waals surface area contributed by atoms with Gasteiger partial charge in [-0.2, -0.15) is 0 Å². The Morgan fingerprint density at radius 1 is 1.28 bits per heavy atom. The number of hydrogen-bond donors (Lipinski definition) is 2. The van der Waals surface area contributed by atoms with E-state index in [0.717, 1.165) is 6.20 Å². The largest absolute Gasteiger partial charge is 0.477 e. The maximum atomic E-state index is 11.5. The van der Waals surface area contributed by atoms with Crippen molar-refractivity contribution in [3.63, 3.8) is 0 Å². The number of nitrogens with zero attached hydrogens (tertiary/aromatic N) is 1. The fourth-order valence-corrected chi connectivity index (χ4v) is 1.97. The third kappa shape index (κ3) is 2.23. The van der Waals surface area contributed by atoms with E-state index in [-0.39, 0.29) is 5.82 Å². The van der Waals surface area contributed by atoms with Gasteiger partial charge in [0.2, 0.25) is 0 Å². The van der Waals surface area contributed by atoms with Crippen LogP contribution in [0.3, 0.4) is 0 Å². The highest BCUT2D eigenvalue weighted by Gasteiger charge is 2.14. The average molecular weight is 285 g/mol. The molecule has 0 amide bonds. The number of aromatic amines is 1. The number of aromatic carboxylic acids is 1. The number of carboxylic acids is 1. The number of hydrogen-bond acceptors (Lipinski definition) is 3. The number of nitrogens with one attached hydrogen (secondary N) is 1. The molecule has 2 rings (SSSR count). The number of aromatic nitrogens is 2. The number of H-pyrrole nitrogens is 1. The molecule has 0 radical (unpaired) electrons. The maximum absolute atomic E-state index is 11.5. The summed E-state index contributed by atoms with van der Waals surface area (Å²) in [5.74, 6) is -1.22. The van der Waals surface area contributed by atoms with Gasteiger partial charge in [-0.1, -0.05) is 29.3 Å². The molecule has 0 bridgehead atoms. The Hall–Kier alpha value is -1.85. The van der Waals surface area contributed by atoms with E-state index in [1.54, 1.807) is 18.2 Å². The lowest BCUT2D eigenvalue weighted by Crippen LogP contribution is -2.18. The zero-order valence-electron chi connectivity index (χ0n) is 8.78. The SMILES string of the molecule is O=C(O)c1cnc(-c2c(Cl)cccc2Cl)[nH]c1=O. The van der Waals surface area contributed by atoms with Gasteiger partial charge in [0, 0.05) is 6.20 Å². The number of halogens is 2. The molecule has 0 fully saturated rings. The van der Waals surface area contributed by atoms with Crippen LogP contribution in [-0.4, -0.2) is 21.0 Å². The Bertz CT molecular complexity index is 662. The van der Waals surface area contributed by atoms with Gasteiger partial charge >= 0.3 is 5.97 Å². The summed E-state index contributed by atoms with van der Waals surface area (Å²) in [7, 11) is 0. The van der Waals surface area contributed by atoms with Crippen LogP contribution in [0.15, 0.2) is 29.2 Å². The van der Waals surface area contributed by atoms with Crippen molar-refractivity contribution in [3.05, 3.63) is 50.4 Å². The fraction of sp³-hybridized carbons (Fsp3) is 0. The first-order valence-corrected chi connectivity index (χ1v) is 5.53. The van der Waals surface area contributed by atoms with Crippen LogP contribution in [0.5, 0.6) is 0 Å². The standard InChI is InChI=1S/C11H6Cl2N2O3/c12-6-2-1-3-7(13)8(6)9-14-4-5(11(17)18)10(16)15-9/h1-4H,(H,17,18)(H,14,15,16). The molecule has 1 heterocycles. The summed E-state index contributed by atoms with van der Waals surface area (Å²) in [6.45, 7) is 0. The third-order valence-corrected chi connectivity index (χ3v) is 2.86. The van der Waals surface area contributed by atoms with Gasteiger partial charge in [0.05, 0.1) is 15.6 Å². The molecule has 0 aliphatic carbocycles. The molecule has 92 valence electrons. The van der Waals surface area contributed by atoms with Crippen molar-refractivity contribution in [3.8, 4) is 11.4 Å². The highest BCUT2D eigenvalue weighted by atomic mass is 35.5. The van der Waals surface area contributed by atoms with Crippen LogP contribution >= 0.6 is 23.2 Å². The van der Waals surface area contributed by atoms with E-state index in [1.807, 2.05) is 0 Å². The van der Waals surface area contributed by atoms with Gasteiger partial charge in [0.25, 0.3) is 5.56 Å². The van der Waals surface area contributed by atoms with Gasteiger partial charge in [-0.05, 0) is 12.1 Å². The summed E-state index contributed by atoms with van der Waals surface area (Å²) >= 11 is 11.9. The Balaban J connectivity index is 2.63. The molecule has 5 nitrogen and oxygen atoms in total. The van der Waals surface area contributed by atoms with E-state index >= 15 is 0 Å². The van der Waals surface area contributed by atoms with Crippen LogP contribution in [0, 0.1) is 0 Å². The summed E-state index contributed by atoms with van der Waals surface area (Å²) < 4.78 is 0. The van der Waals surface area contributed by atoms with Crippen molar-refractivity contribution < 1.29 is 9.90 Å². The van der Waals surface area contributed by atoms with Gasteiger partial charge in [0.15, 0.2) is 0 Å². The minimum atomic E-state index is -1.35. The Kier molecular flexibility index (Phi) is 3.36. The van der Waals surface area contributed by atoms with E-state index in [9.17, 15) is 9.59 Å². The van der Waals surface area contributed by atoms with Crippen LogP contribution in [0.4, 0.5) is 0 Å². The minimum Gasteiger partial charge on any atom is -0.477 e. The summed E-state index contributed by atoms with van der Waals surface area (Å²) in [5, 5.41) is 9.35. The van der Waals surface area contributed by atoms with Crippen molar-refractivity contribution in [1.29, 1.82) is 0 Å². The molecule has 0 aliphatic heterocycles. The van der Waals surface area contributed by atoms with Crippen LogP contribution in [-0.2, 0) is 0 Å². The van der Waals surface area contributed by atoms with Crippen molar-refractivity contribution in [2.45, 2.75) is 0 Å².